The molecule has 7 N–H and O–H groups in total. The summed E-state index contributed by atoms with van der Waals surface area (Å²) in [6.45, 7) is 2.06. The number of esters is 1. The number of carboxylic acid groups (broad SMARTS) is 1. The Hall–Kier alpha value is -2.77. The third-order valence-electron chi connectivity index (χ3n) is 4.95. The van der Waals surface area contributed by atoms with Crippen LogP contribution in [0.4, 0.5) is 0 Å². The second-order valence-electron chi connectivity index (χ2n) is 7.57. The van der Waals surface area contributed by atoms with E-state index in [4.69, 9.17) is 19.9 Å². The summed E-state index contributed by atoms with van der Waals surface area (Å²) >= 11 is 0. The molecule has 0 aliphatic carbocycles. The molecule has 12 heteroatoms. The molecule has 2 rings (SSSR count). The van der Waals surface area contributed by atoms with Gasteiger partial charge in [-0.25, -0.2) is 4.79 Å². The number of carbonyl (C=O) groups excluding carboxylic acids is 2. The summed E-state index contributed by atoms with van der Waals surface area (Å²) in [5.74, 6) is -2.66. The largest absolute Gasteiger partial charge is 0.479 e. The summed E-state index contributed by atoms with van der Waals surface area (Å²) in [7, 11) is 0. The van der Waals surface area contributed by atoms with Gasteiger partial charge in [0.05, 0.1) is 5.56 Å². The quantitative estimate of drug-likeness (QED) is 0.169. The van der Waals surface area contributed by atoms with Gasteiger partial charge in [-0.3, -0.25) is 9.59 Å². The topological polar surface area (TPSA) is 198 Å². The Balaban J connectivity index is 2.23. The minimum Gasteiger partial charge on any atom is -0.479 e. The van der Waals surface area contributed by atoms with Crippen LogP contribution in [0.25, 0.3) is 0 Å². The van der Waals surface area contributed by atoms with Crippen molar-refractivity contribution in [2.75, 3.05) is 13.1 Å². The number of nitrogens with two attached hydrogens (primary N) is 1. The number of carboxylic acids is 1. The number of rotatable bonds is 11. The van der Waals surface area contributed by atoms with Gasteiger partial charge < -0.3 is 45.7 Å². The highest BCUT2D eigenvalue weighted by Crippen LogP contribution is 2.28. The minimum absolute atomic E-state index is 0.0155. The molecule has 0 radical (unpaired) electrons. The Morgan fingerprint density at radius 2 is 1.82 bits per heavy atom. The van der Waals surface area contributed by atoms with Crippen LogP contribution in [0, 0.1) is 0 Å². The number of carbonyl (C=O) groups is 3. The van der Waals surface area contributed by atoms with E-state index in [0.29, 0.717) is 25.1 Å². The molecule has 0 aromatic heterocycles. The van der Waals surface area contributed by atoms with Crippen molar-refractivity contribution in [3.05, 3.63) is 29.3 Å². The second-order valence-corrected chi connectivity index (χ2v) is 7.57. The first kappa shape index (κ1) is 26.5. The molecule has 1 fully saturated rings. The van der Waals surface area contributed by atoms with Crippen LogP contribution in [-0.4, -0.2) is 82.1 Å². The summed E-state index contributed by atoms with van der Waals surface area (Å²) in [6.07, 6.45) is -6.71. The van der Waals surface area contributed by atoms with Gasteiger partial charge in [0, 0.05) is 13.5 Å². The van der Waals surface area contributed by atoms with Crippen molar-refractivity contribution in [2.24, 2.45) is 5.73 Å². The van der Waals surface area contributed by atoms with Gasteiger partial charge in [-0.1, -0.05) is 12.5 Å². The lowest BCUT2D eigenvalue weighted by Gasteiger charge is -2.38. The lowest BCUT2D eigenvalue weighted by atomic mass is 9.99. The number of amides is 1. The van der Waals surface area contributed by atoms with E-state index in [1.54, 1.807) is 0 Å². The summed E-state index contributed by atoms with van der Waals surface area (Å²) in [5.41, 5.74) is 5.95. The Morgan fingerprint density at radius 3 is 2.45 bits per heavy atom. The van der Waals surface area contributed by atoms with Gasteiger partial charge in [0.15, 0.2) is 6.10 Å². The number of benzene rings is 1. The van der Waals surface area contributed by atoms with E-state index in [1.807, 2.05) is 0 Å². The fourth-order valence-corrected chi connectivity index (χ4v) is 3.15. The Kier molecular flexibility index (Phi) is 10.0. The molecule has 12 nitrogen and oxygen atoms in total. The predicted octanol–water partition coefficient (Wildman–Crippen LogP) is -1.12. The first-order valence-electron chi connectivity index (χ1n) is 10.5. The maximum atomic E-state index is 12.8. The van der Waals surface area contributed by atoms with Crippen molar-refractivity contribution in [3.8, 4) is 5.75 Å². The highest BCUT2D eigenvalue weighted by molar-refractivity contribution is 5.97. The van der Waals surface area contributed by atoms with Gasteiger partial charge in [-0.05, 0) is 37.1 Å². The molecule has 1 amide bonds. The number of hydrogen-bond donors (Lipinski definition) is 6. The molecule has 0 spiro atoms. The number of unbranched alkanes of at least 4 members (excludes halogenated alkanes) is 2. The number of hydrogen-bond acceptors (Lipinski definition) is 10. The maximum Gasteiger partial charge on any atom is 0.335 e. The van der Waals surface area contributed by atoms with Crippen LogP contribution in [0.1, 0.15) is 42.1 Å². The zero-order chi connectivity index (χ0) is 24.5. The molecule has 1 aliphatic heterocycles. The molecule has 1 aliphatic rings. The summed E-state index contributed by atoms with van der Waals surface area (Å²) < 4.78 is 15.6. The number of aliphatic hydroxyl groups excluding tert-OH is 3. The highest BCUT2D eigenvalue weighted by atomic mass is 16.7. The zero-order valence-corrected chi connectivity index (χ0v) is 18.2. The second kappa shape index (κ2) is 12.5. The van der Waals surface area contributed by atoms with Gasteiger partial charge >= 0.3 is 11.9 Å². The van der Waals surface area contributed by atoms with Crippen molar-refractivity contribution in [2.45, 2.75) is 63.5 Å². The van der Waals surface area contributed by atoms with Crippen LogP contribution in [0.5, 0.6) is 5.75 Å². The van der Waals surface area contributed by atoms with Crippen molar-refractivity contribution >= 4 is 17.8 Å². The molecule has 33 heavy (non-hydrogen) atoms. The van der Waals surface area contributed by atoms with Crippen LogP contribution in [0.3, 0.4) is 0 Å². The van der Waals surface area contributed by atoms with Crippen molar-refractivity contribution in [1.82, 2.24) is 5.32 Å². The molecule has 1 heterocycles. The van der Waals surface area contributed by atoms with E-state index in [1.165, 1.54) is 25.1 Å². The fourth-order valence-electron chi connectivity index (χ4n) is 3.15. The SMILES string of the molecule is CC(=O)OCc1ccc(O[C@H]2OC(C(=O)O)[C@@H](O)C(O)[C@H]2O)c(C(=O)NCCCCCN)c1. The molecule has 1 aromatic carbocycles. The van der Waals surface area contributed by atoms with Crippen LogP contribution in [0.15, 0.2) is 18.2 Å². The normalized spacial score (nSPS) is 24.7. The predicted molar refractivity (Wildman–Crippen MR) is 112 cm³/mol. The zero-order valence-electron chi connectivity index (χ0n) is 18.2. The highest BCUT2D eigenvalue weighted by Gasteiger charge is 2.48. The van der Waals surface area contributed by atoms with Gasteiger partial charge in [0.2, 0.25) is 6.29 Å². The monoisotopic (exact) mass is 470 g/mol. The van der Waals surface area contributed by atoms with E-state index >= 15 is 0 Å². The third kappa shape index (κ3) is 7.37. The molecule has 2 unspecified atom stereocenters. The molecular formula is C21H30N2O10. The van der Waals surface area contributed by atoms with E-state index in [9.17, 15) is 34.8 Å². The Labute approximate surface area is 190 Å². The van der Waals surface area contributed by atoms with Crippen LogP contribution < -0.4 is 15.8 Å². The molecule has 1 saturated heterocycles. The lowest BCUT2D eigenvalue weighted by molar-refractivity contribution is -0.271. The first-order chi connectivity index (χ1) is 15.6. The standard InChI is InChI=1S/C21H30N2O10/c1-11(24)31-10-12-5-6-14(13(9-12)19(28)23-8-4-2-3-7-22)32-21-17(27)15(25)16(26)18(33-21)20(29)30/h5-6,9,15-18,21,25-27H,2-4,7-8,10,22H2,1H3,(H,23,28)(H,29,30)/t15?,16-,17+,18?,21-/m0/s1. The van der Waals surface area contributed by atoms with Crippen LogP contribution in [-0.2, 0) is 25.7 Å². The summed E-state index contributed by atoms with van der Waals surface area (Å²) in [6, 6.07) is 4.29. The van der Waals surface area contributed by atoms with E-state index < -0.39 is 48.6 Å². The smallest absolute Gasteiger partial charge is 0.335 e. The Morgan fingerprint density at radius 1 is 1.09 bits per heavy atom. The number of nitrogens with one attached hydrogen (secondary N) is 1. The van der Waals surface area contributed by atoms with Gasteiger partial charge in [0.1, 0.15) is 30.7 Å². The van der Waals surface area contributed by atoms with Crippen LogP contribution >= 0.6 is 0 Å². The number of ether oxygens (including phenoxy) is 3. The molecular weight excluding hydrogens is 440 g/mol. The van der Waals surface area contributed by atoms with Crippen molar-refractivity contribution in [1.29, 1.82) is 0 Å². The Bertz CT molecular complexity index is 833. The summed E-state index contributed by atoms with van der Waals surface area (Å²) in [4.78, 5) is 35.2. The van der Waals surface area contributed by atoms with Gasteiger partial charge in [-0.2, -0.15) is 0 Å². The van der Waals surface area contributed by atoms with Crippen molar-refractivity contribution in [3.63, 3.8) is 0 Å². The fraction of sp³-hybridized carbons (Fsp3) is 0.571. The molecule has 5 atom stereocenters. The number of aliphatic carboxylic acids is 1. The number of aliphatic hydroxyl groups is 3. The molecule has 0 bridgehead atoms. The minimum atomic E-state index is -1.88. The average molecular weight is 470 g/mol. The maximum absolute atomic E-state index is 12.8. The van der Waals surface area contributed by atoms with Gasteiger partial charge in [0.25, 0.3) is 5.91 Å². The average Bonchev–Trinajstić information content (AvgIpc) is 2.78. The summed E-state index contributed by atoms with van der Waals surface area (Å²) in [5, 5.41) is 41.9. The van der Waals surface area contributed by atoms with Gasteiger partial charge in [-0.15, -0.1) is 0 Å². The van der Waals surface area contributed by atoms with Crippen molar-refractivity contribution < 1.29 is 49.0 Å². The van der Waals surface area contributed by atoms with E-state index in [0.717, 1.165) is 12.8 Å². The third-order valence-corrected chi connectivity index (χ3v) is 4.95. The van der Waals surface area contributed by atoms with E-state index in [-0.39, 0.29) is 17.9 Å². The lowest BCUT2D eigenvalue weighted by Crippen LogP contribution is -2.61. The van der Waals surface area contributed by atoms with E-state index in [2.05, 4.69) is 5.32 Å². The first-order valence-corrected chi connectivity index (χ1v) is 10.5. The molecule has 0 saturated carbocycles. The van der Waals surface area contributed by atoms with Crippen LogP contribution in [0.2, 0.25) is 0 Å². The molecule has 184 valence electrons. The molecule has 1 aromatic rings.